The van der Waals surface area contributed by atoms with Crippen LogP contribution >= 0.6 is 0 Å². The number of benzene rings is 1. The lowest BCUT2D eigenvalue weighted by molar-refractivity contribution is 0.222. The molecule has 8 nitrogen and oxygen atoms in total. The Hall–Kier alpha value is -1.36. The summed E-state index contributed by atoms with van der Waals surface area (Å²) in [7, 11) is -5.48. The molecule has 0 amide bonds. The summed E-state index contributed by atoms with van der Waals surface area (Å²) in [6.45, 7) is 0.185. The predicted molar refractivity (Wildman–Crippen MR) is 76.8 cm³/mol. The highest BCUT2D eigenvalue weighted by atomic mass is 32.2. The molecule has 0 radical (unpaired) electrons. The molecule has 1 N–H and O–H groups in total. The van der Waals surface area contributed by atoms with Crippen molar-refractivity contribution in [3.8, 4) is 11.5 Å². The van der Waals surface area contributed by atoms with E-state index < -0.39 is 20.2 Å². The van der Waals surface area contributed by atoms with Crippen molar-refractivity contribution in [2.45, 2.75) is 0 Å². The Morgan fingerprint density at radius 3 is 1.76 bits per heavy atom. The molecule has 10 heteroatoms. The summed E-state index contributed by atoms with van der Waals surface area (Å²) >= 11 is 0. The van der Waals surface area contributed by atoms with Gasteiger partial charge in [0.15, 0.2) is 0 Å². The van der Waals surface area contributed by atoms with Crippen molar-refractivity contribution in [3.63, 3.8) is 0 Å². The van der Waals surface area contributed by atoms with Gasteiger partial charge < -0.3 is 9.47 Å². The molecular formula is C11H18O8S2. The van der Waals surface area contributed by atoms with E-state index >= 15 is 0 Å². The molecule has 0 aliphatic carbocycles. The van der Waals surface area contributed by atoms with Crippen LogP contribution in [0.3, 0.4) is 0 Å². The molecule has 1 aromatic carbocycles. The number of rotatable bonds is 6. The SMILES string of the molecule is COc1ccc(OCCOS(C)(=O)=O)cc1.CS(=O)(=O)O. The summed E-state index contributed by atoms with van der Waals surface area (Å²) in [6.07, 6.45) is 1.72. The molecule has 0 aliphatic rings. The van der Waals surface area contributed by atoms with Crippen LogP contribution in [0.1, 0.15) is 0 Å². The summed E-state index contributed by atoms with van der Waals surface area (Å²) in [5.41, 5.74) is 0. The van der Waals surface area contributed by atoms with Crippen molar-refractivity contribution in [2.24, 2.45) is 0 Å². The van der Waals surface area contributed by atoms with Crippen molar-refractivity contribution < 1.29 is 35.0 Å². The van der Waals surface area contributed by atoms with E-state index in [-0.39, 0.29) is 13.2 Å². The van der Waals surface area contributed by atoms with E-state index in [1.165, 1.54) is 0 Å². The van der Waals surface area contributed by atoms with Gasteiger partial charge >= 0.3 is 0 Å². The van der Waals surface area contributed by atoms with Crippen molar-refractivity contribution in [3.05, 3.63) is 24.3 Å². The zero-order chi connectivity index (χ0) is 16.5. The van der Waals surface area contributed by atoms with Crippen LogP contribution in [0.4, 0.5) is 0 Å². The topological polar surface area (TPSA) is 116 Å². The number of methoxy groups -OCH3 is 1. The Morgan fingerprint density at radius 1 is 0.952 bits per heavy atom. The first kappa shape index (κ1) is 19.6. The van der Waals surface area contributed by atoms with Gasteiger partial charge in [-0.15, -0.1) is 0 Å². The zero-order valence-corrected chi connectivity index (χ0v) is 13.5. The highest BCUT2D eigenvalue weighted by molar-refractivity contribution is 7.86. The Kier molecular flexibility index (Phi) is 8.25. The zero-order valence-electron chi connectivity index (χ0n) is 11.8. The third kappa shape index (κ3) is 14.9. The standard InChI is InChI=1S/C10H14O5S.CH4O3S/c1-13-9-3-5-10(6-4-9)14-7-8-15-16(2,11)12;1-5(2,3)4/h3-6H,7-8H2,1-2H3;1H3,(H,2,3,4). The molecule has 21 heavy (non-hydrogen) atoms. The van der Waals surface area contributed by atoms with Crippen molar-refractivity contribution in [1.82, 2.24) is 0 Å². The average Bonchev–Trinajstić information content (AvgIpc) is 2.32. The van der Waals surface area contributed by atoms with Crippen LogP contribution in [0, 0.1) is 0 Å². The van der Waals surface area contributed by atoms with E-state index in [4.69, 9.17) is 14.0 Å². The van der Waals surface area contributed by atoms with Gasteiger partial charge in [0.1, 0.15) is 24.7 Å². The maximum absolute atomic E-state index is 10.6. The van der Waals surface area contributed by atoms with Gasteiger partial charge in [-0.3, -0.25) is 8.74 Å². The smallest absolute Gasteiger partial charge is 0.264 e. The van der Waals surface area contributed by atoms with Crippen LogP contribution in [-0.2, 0) is 24.4 Å². The second-order valence-corrected chi connectivity index (χ2v) is 6.89. The second-order valence-electron chi connectivity index (χ2n) is 3.78. The Bertz CT molecular complexity index is 596. The third-order valence-electron chi connectivity index (χ3n) is 1.71. The number of hydrogen-bond donors (Lipinski definition) is 1. The quantitative estimate of drug-likeness (QED) is 0.453. The van der Waals surface area contributed by atoms with Crippen LogP contribution in [0.15, 0.2) is 24.3 Å². The molecule has 0 spiro atoms. The number of ether oxygens (including phenoxy) is 2. The van der Waals surface area contributed by atoms with Crippen LogP contribution < -0.4 is 9.47 Å². The fourth-order valence-electron chi connectivity index (χ4n) is 1.02. The van der Waals surface area contributed by atoms with Gasteiger partial charge in [0.05, 0.1) is 19.6 Å². The van der Waals surface area contributed by atoms with E-state index in [1.807, 2.05) is 0 Å². The lowest BCUT2D eigenvalue weighted by Crippen LogP contribution is -2.11. The first-order chi connectivity index (χ1) is 9.51. The van der Waals surface area contributed by atoms with Crippen LogP contribution in [0.2, 0.25) is 0 Å². The van der Waals surface area contributed by atoms with Gasteiger partial charge in [-0.2, -0.15) is 16.8 Å². The molecular weight excluding hydrogens is 324 g/mol. The average molecular weight is 342 g/mol. The predicted octanol–water partition coefficient (Wildman–Crippen LogP) is 0.554. The Morgan fingerprint density at radius 2 is 1.38 bits per heavy atom. The first-order valence-corrected chi connectivity index (χ1v) is 9.21. The van der Waals surface area contributed by atoms with E-state index in [0.717, 1.165) is 12.0 Å². The van der Waals surface area contributed by atoms with Gasteiger partial charge in [-0.1, -0.05) is 0 Å². The first-order valence-electron chi connectivity index (χ1n) is 5.55. The maximum Gasteiger partial charge on any atom is 0.264 e. The normalized spacial score (nSPS) is 11.2. The van der Waals surface area contributed by atoms with Crippen molar-refractivity contribution >= 4 is 20.2 Å². The van der Waals surface area contributed by atoms with Crippen molar-refractivity contribution in [1.29, 1.82) is 0 Å². The van der Waals surface area contributed by atoms with E-state index in [1.54, 1.807) is 31.4 Å². The van der Waals surface area contributed by atoms with Gasteiger partial charge in [-0.25, -0.2) is 0 Å². The summed E-state index contributed by atoms with van der Waals surface area (Å²) in [5, 5.41) is 0. The maximum atomic E-state index is 10.6. The summed E-state index contributed by atoms with van der Waals surface area (Å²) in [4.78, 5) is 0. The van der Waals surface area contributed by atoms with E-state index in [0.29, 0.717) is 12.0 Å². The second kappa shape index (κ2) is 8.82. The molecule has 0 bridgehead atoms. The highest BCUT2D eigenvalue weighted by Crippen LogP contribution is 2.16. The number of hydrogen-bond acceptors (Lipinski definition) is 7. The van der Waals surface area contributed by atoms with Crippen LogP contribution in [-0.4, -0.2) is 54.2 Å². The molecule has 0 atom stereocenters. The minimum absolute atomic E-state index is 0.00482. The molecule has 0 aliphatic heterocycles. The monoisotopic (exact) mass is 342 g/mol. The summed E-state index contributed by atoms with van der Waals surface area (Å²) < 4.78 is 61.9. The summed E-state index contributed by atoms with van der Waals surface area (Å²) in [6, 6.07) is 6.98. The molecule has 0 unspecified atom stereocenters. The fraction of sp³-hybridized carbons (Fsp3) is 0.455. The van der Waals surface area contributed by atoms with Crippen molar-refractivity contribution in [2.75, 3.05) is 32.8 Å². The Labute approximate surface area is 124 Å². The van der Waals surface area contributed by atoms with E-state index in [2.05, 4.69) is 4.18 Å². The minimum atomic E-state index is -3.67. The molecule has 0 fully saturated rings. The molecule has 1 rings (SSSR count). The van der Waals surface area contributed by atoms with Crippen LogP contribution in [0.5, 0.6) is 11.5 Å². The van der Waals surface area contributed by atoms with Gasteiger partial charge in [0, 0.05) is 0 Å². The minimum Gasteiger partial charge on any atom is -0.497 e. The lowest BCUT2D eigenvalue weighted by atomic mass is 10.3. The van der Waals surface area contributed by atoms with Gasteiger partial charge in [0.2, 0.25) is 0 Å². The third-order valence-corrected chi connectivity index (χ3v) is 2.30. The van der Waals surface area contributed by atoms with Gasteiger partial charge in [-0.05, 0) is 24.3 Å². The molecule has 0 saturated carbocycles. The summed E-state index contributed by atoms with van der Waals surface area (Å²) in [5.74, 6) is 1.37. The largest absolute Gasteiger partial charge is 0.497 e. The highest BCUT2D eigenvalue weighted by Gasteiger charge is 2.01. The molecule has 0 saturated heterocycles. The lowest BCUT2D eigenvalue weighted by Gasteiger charge is -2.06. The molecule has 122 valence electrons. The molecule has 0 aromatic heterocycles. The molecule has 0 heterocycles. The molecule has 1 aromatic rings. The fourth-order valence-corrected chi connectivity index (χ4v) is 1.39. The Balaban J connectivity index is 0.000000690. The van der Waals surface area contributed by atoms with E-state index in [9.17, 15) is 16.8 Å². The van der Waals surface area contributed by atoms with Gasteiger partial charge in [0.25, 0.3) is 20.2 Å². The van der Waals surface area contributed by atoms with Crippen LogP contribution in [0.25, 0.3) is 0 Å².